The minimum Gasteiger partial charge on any atom is -0.481 e. The van der Waals surface area contributed by atoms with Gasteiger partial charge in [-0.05, 0) is 28.1 Å². The molecule has 1 heterocycles. The number of carbonyl (C=O) groups is 2. The fourth-order valence-electron chi connectivity index (χ4n) is 1.83. The van der Waals surface area contributed by atoms with Gasteiger partial charge in [0, 0.05) is 4.47 Å². The smallest absolute Gasteiger partial charge is 0.311 e. The molecule has 1 aliphatic heterocycles. The SMILES string of the molecule is O=C(NC1COCC1C(=O)O)c1ccccc1Br. The second-order valence-corrected chi connectivity index (χ2v) is 4.90. The number of benzene rings is 1. The van der Waals surface area contributed by atoms with Crippen LogP contribution < -0.4 is 5.32 Å². The summed E-state index contributed by atoms with van der Waals surface area (Å²) in [6, 6.07) is 6.50. The van der Waals surface area contributed by atoms with Crippen molar-refractivity contribution in [3.63, 3.8) is 0 Å². The number of carbonyl (C=O) groups excluding carboxylic acids is 1. The van der Waals surface area contributed by atoms with Gasteiger partial charge < -0.3 is 15.2 Å². The monoisotopic (exact) mass is 313 g/mol. The molecule has 1 aromatic rings. The van der Waals surface area contributed by atoms with E-state index in [1.54, 1.807) is 24.3 Å². The van der Waals surface area contributed by atoms with Gasteiger partial charge in [-0.3, -0.25) is 9.59 Å². The summed E-state index contributed by atoms with van der Waals surface area (Å²) in [5.41, 5.74) is 0.480. The third-order valence-corrected chi connectivity index (χ3v) is 3.52. The van der Waals surface area contributed by atoms with Crippen LogP contribution in [0.5, 0.6) is 0 Å². The Kier molecular flexibility index (Phi) is 3.98. The molecule has 18 heavy (non-hydrogen) atoms. The van der Waals surface area contributed by atoms with Gasteiger partial charge in [-0.2, -0.15) is 0 Å². The van der Waals surface area contributed by atoms with E-state index in [0.29, 0.717) is 10.0 Å². The summed E-state index contributed by atoms with van der Waals surface area (Å²) < 4.78 is 5.77. The Balaban J connectivity index is 2.08. The normalized spacial score (nSPS) is 22.7. The summed E-state index contributed by atoms with van der Waals surface area (Å²) in [7, 11) is 0. The van der Waals surface area contributed by atoms with Crippen LogP contribution in [0.3, 0.4) is 0 Å². The highest BCUT2D eigenvalue weighted by atomic mass is 79.9. The maximum absolute atomic E-state index is 12.0. The number of ether oxygens (including phenoxy) is 1. The lowest BCUT2D eigenvalue weighted by Crippen LogP contribution is -2.42. The second-order valence-electron chi connectivity index (χ2n) is 4.04. The first kappa shape index (κ1) is 13.0. The van der Waals surface area contributed by atoms with Crippen molar-refractivity contribution in [1.82, 2.24) is 5.32 Å². The van der Waals surface area contributed by atoms with Gasteiger partial charge in [0.1, 0.15) is 5.92 Å². The van der Waals surface area contributed by atoms with E-state index in [1.165, 1.54) is 0 Å². The predicted molar refractivity (Wildman–Crippen MR) is 67.3 cm³/mol. The average molecular weight is 314 g/mol. The molecule has 6 heteroatoms. The molecule has 0 radical (unpaired) electrons. The van der Waals surface area contributed by atoms with Crippen molar-refractivity contribution in [3.8, 4) is 0 Å². The number of aliphatic carboxylic acids is 1. The largest absolute Gasteiger partial charge is 0.481 e. The Hall–Kier alpha value is -1.40. The van der Waals surface area contributed by atoms with Gasteiger partial charge in [0.05, 0.1) is 24.8 Å². The molecular formula is C12H12BrNO4. The molecular weight excluding hydrogens is 302 g/mol. The van der Waals surface area contributed by atoms with Gasteiger partial charge in [0.15, 0.2) is 0 Å². The Morgan fingerprint density at radius 1 is 1.33 bits per heavy atom. The molecule has 0 bridgehead atoms. The maximum atomic E-state index is 12.0. The number of hydrogen-bond acceptors (Lipinski definition) is 3. The lowest BCUT2D eigenvalue weighted by atomic mass is 10.0. The number of carboxylic acid groups (broad SMARTS) is 1. The molecule has 2 atom stereocenters. The van der Waals surface area contributed by atoms with Crippen LogP contribution in [0.1, 0.15) is 10.4 Å². The first-order valence-corrected chi connectivity index (χ1v) is 6.25. The Bertz CT molecular complexity index is 477. The van der Waals surface area contributed by atoms with Crippen molar-refractivity contribution in [2.45, 2.75) is 6.04 Å². The van der Waals surface area contributed by atoms with E-state index >= 15 is 0 Å². The first-order chi connectivity index (χ1) is 8.59. The minimum absolute atomic E-state index is 0.135. The lowest BCUT2D eigenvalue weighted by Gasteiger charge is -2.16. The first-order valence-electron chi connectivity index (χ1n) is 5.45. The fraction of sp³-hybridized carbons (Fsp3) is 0.333. The highest BCUT2D eigenvalue weighted by Crippen LogP contribution is 2.18. The van der Waals surface area contributed by atoms with E-state index in [9.17, 15) is 9.59 Å². The number of hydrogen-bond donors (Lipinski definition) is 2. The van der Waals surface area contributed by atoms with Crippen molar-refractivity contribution >= 4 is 27.8 Å². The third kappa shape index (κ3) is 2.70. The van der Waals surface area contributed by atoms with Gasteiger partial charge in [0.25, 0.3) is 5.91 Å². The lowest BCUT2D eigenvalue weighted by molar-refractivity contribution is -0.142. The molecule has 2 N–H and O–H groups in total. The number of nitrogens with one attached hydrogen (secondary N) is 1. The molecule has 1 amide bonds. The molecule has 2 unspecified atom stereocenters. The molecule has 2 rings (SSSR count). The van der Waals surface area contributed by atoms with Crippen LogP contribution >= 0.6 is 15.9 Å². The van der Waals surface area contributed by atoms with Crippen molar-refractivity contribution in [3.05, 3.63) is 34.3 Å². The summed E-state index contributed by atoms with van der Waals surface area (Å²) >= 11 is 3.28. The van der Waals surface area contributed by atoms with Crippen molar-refractivity contribution in [2.75, 3.05) is 13.2 Å². The zero-order chi connectivity index (χ0) is 13.1. The summed E-state index contributed by atoms with van der Waals surface area (Å²) in [6.45, 7) is 0.364. The number of amides is 1. The van der Waals surface area contributed by atoms with Crippen LogP contribution in [0.4, 0.5) is 0 Å². The van der Waals surface area contributed by atoms with Crippen LogP contribution in [0.25, 0.3) is 0 Å². The molecule has 0 aromatic heterocycles. The quantitative estimate of drug-likeness (QED) is 0.881. The molecule has 1 saturated heterocycles. The van der Waals surface area contributed by atoms with Gasteiger partial charge >= 0.3 is 5.97 Å². The molecule has 96 valence electrons. The van der Waals surface area contributed by atoms with Crippen LogP contribution in [-0.4, -0.2) is 36.2 Å². The second kappa shape index (κ2) is 5.49. The van der Waals surface area contributed by atoms with Crippen LogP contribution in [0, 0.1) is 5.92 Å². The minimum atomic E-state index is -0.954. The average Bonchev–Trinajstić information content (AvgIpc) is 2.77. The molecule has 5 nitrogen and oxygen atoms in total. The van der Waals surface area contributed by atoms with E-state index in [2.05, 4.69) is 21.2 Å². The molecule has 0 saturated carbocycles. The highest BCUT2D eigenvalue weighted by Gasteiger charge is 2.35. The fourth-order valence-corrected chi connectivity index (χ4v) is 2.30. The van der Waals surface area contributed by atoms with Crippen molar-refractivity contribution < 1.29 is 19.4 Å². The molecule has 1 aromatic carbocycles. The van der Waals surface area contributed by atoms with Gasteiger partial charge in [-0.25, -0.2) is 0 Å². The number of carboxylic acids is 1. The third-order valence-electron chi connectivity index (χ3n) is 2.83. The molecule has 0 spiro atoms. The van der Waals surface area contributed by atoms with E-state index in [0.717, 1.165) is 0 Å². The van der Waals surface area contributed by atoms with Crippen LogP contribution in [0.15, 0.2) is 28.7 Å². The topological polar surface area (TPSA) is 75.6 Å². The molecule has 0 aliphatic carbocycles. The zero-order valence-electron chi connectivity index (χ0n) is 9.43. The maximum Gasteiger partial charge on any atom is 0.311 e. The zero-order valence-corrected chi connectivity index (χ0v) is 11.0. The number of halogens is 1. The van der Waals surface area contributed by atoms with E-state index in [-0.39, 0.29) is 19.1 Å². The van der Waals surface area contributed by atoms with Gasteiger partial charge in [-0.1, -0.05) is 12.1 Å². The van der Waals surface area contributed by atoms with Crippen LogP contribution in [-0.2, 0) is 9.53 Å². The standard InChI is InChI=1S/C12H12BrNO4/c13-9-4-2-1-3-7(9)11(15)14-10-6-18-5-8(10)12(16)17/h1-4,8,10H,5-6H2,(H,14,15)(H,16,17). The Morgan fingerprint density at radius 2 is 2.06 bits per heavy atom. The Labute approximate surface area is 112 Å². The van der Waals surface area contributed by atoms with Gasteiger partial charge in [0.2, 0.25) is 0 Å². The molecule has 1 fully saturated rings. The van der Waals surface area contributed by atoms with Crippen molar-refractivity contribution in [2.24, 2.45) is 5.92 Å². The van der Waals surface area contributed by atoms with Crippen LogP contribution in [0.2, 0.25) is 0 Å². The molecule has 1 aliphatic rings. The van der Waals surface area contributed by atoms with Crippen molar-refractivity contribution in [1.29, 1.82) is 0 Å². The summed E-state index contributed by atoms with van der Waals surface area (Å²) in [4.78, 5) is 23.0. The number of rotatable bonds is 3. The van der Waals surface area contributed by atoms with E-state index < -0.39 is 17.9 Å². The van der Waals surface area contributed by atoms with E-state index in [4.69, 9.17) is 9.84 Å². The highest BCUT2D eigenvalue weighted by molar-refractivity contribution is 9.10. The van der Waals surface area contributed by atoms with E-state index in [1.807, 2.05) is 0 Å². The predicted octanol–water partition coefficient (Wildman–Crippen LogP) is 1.28. The summed E-state index contributed by atoms with van der Waals surface area (Å²) in [5, 5.41) is 11.7. The summed E-state index contributed by atoms with van der Waals surface area (Å²) in [6.07, 6.45) is 0. The van der Waals surface area contributed by atoms with Gasteiger partial charge in [-0.15, -0.1) is 0 Å². The summed E-state index contributed by atoms with van der Waals surface area (Å²) in [5.74, 6) is -1.94. The Morgan fingerprint density at radius 3 is 2.72 bits per heavy atom.